The molecule has 4 heteroatoms. The zero-order chi connectivity index (χ0) is 18.0. The predicted octanol–water partition coefficient (Wildman–Crippen LogP) is 4.26. The van der Waals surface area contributed by atoms with Gasteiger partial charge in [0.15, 0.2) is 0 Å². The van der Waals surface area contributed by atoms with Gasteiger partial charge in [-0.05, 0) is 91.9 Å². The SMILES string of the molecule is CC(C)(C)OC(=O)C12CC3CC(C1)CC(C(=O)OC(C)(C)C)(C3)C2. The van der Waals surface area contributed by atoms with Crippen LogP contribution in [-0.4, -0.2) is 23.1 Å². The summed E-state index contributed by atoms with van der Waals surface area (Å²) in [5, 5.41) is 0. The molecule has 0 spiro atoms. The van der Waals surface area contributed by atoms with Gasteiger partial charge in [-0.1, -0.05) is 0 Å². The third-order valence-corrected chi connectivity index (χ3v) is 5.72. The Labute approximate surface area is 145 Å². The largest absolute Gasteiger partial charge is 0.460 e. The first-order valence-electron chi connectivity index (χ1n) is 9.30. The highest BCUT2D eigenvalue weighted by atomic mass is 16.6. The number of esters is 2. The maximum absolute atomic E-state index is 13.0. The van der Waals surface area contributed by atoms with Crippen LogP contribution in [-0.2, 0) is 19.1 Å². The summed E-state index contributed by atoms with van der Waals surface area (Å²) in [7, 11) is 0. The van der Waals surface area contributed by atoms with E-state index in [1.54, 1.807) is 0 Å². The van der Waals surface area contributed by atoms with Crippen molar-refractivity contribution in [2.45, 2.75) is 91.3 Å². The molecule has 4 bridgehead atoms. The van der Waals surface area contributed by atoms with Crippen molar-refractivity contribution in [1.82, 2.24) is 0 Å². The molecule has 4 rings (SSSR count). The summed E-state index contributed by atoms with van der Waals surface area (Å²) in [6.07, 6.45) is 5.27. The maximum atomic E-state index is 13.0. The van der Waals surface area contributed by atoms with Crippen LogP contribution in [0.4, 0.5) is 0 Å². The first kappa shape index (κ1) is 17.8. The van der Waals surface area contributed by atoms with Crippen LogP contribution in [0.25, 0.3) is 0 Å². The van der Waals surface area contributed by atoms with Gasteiger partial charge in [-0.3, -0.25) is 9.59 Å². The van der Waals surface area contributed by atoms with Gasteiger partial charge in [0.1, 0.15) is 11.2 Å². The topological polar surface area (TPSA) is 52.6 Å². The second kappa shape index (κ2) is 5.22. The van der Waals surface area contributed by atoms with Crippen molar-refractivity contribution >= 4 is 11.9 Å². The highest BCUT2D eigenvalue weighted by molar-refractivity contribution is 5.83. The van der Waals surface area contributed by atoms with Crippen LogP contribution in [0.15, 0.2) is 0 Å². The molecule has 0 aromatic heterocycles. The summed E-state index contributed by atoms with van der Waals surface area (Å²) in [5.41, 5.74) is -1.93. The summed E-state index contributed by atoms with van der Waals surface area (Å²) in [6.45, 7) is 11.5. The molecule has 0 amide bonds. The quantitative estimate of drug-likeness (QED) is 0.707. The normalized spacial score (nSPS) is 38.1. The van der Waals surface area contributed by atoms with Crippen LogP contribution in [0.2, 0.25) is 0 Å². The van der Waals surface area contributed by atoms with E-state index in [-0.39, 0.29) is 11.9 Å². The first-order chi connectivity index (χ1) is 10.8. The molecule has 4 aliphatic carbocycles. The second-order valence-corrected chi connectivity index (χ2v) is 10.5. The molecular weight excluding hydrogens is 304 g/mol. The van der Waals surface area contributed by atoms with Crippen molar-refractivity contribution in [3.05, 3.63) is 0 Å². The van der Waals surface area contributed by atoms with Crippen LogP contribution in [0.5, 0.6) is 0 Å². The summed E-state index contributed by atoms with van der Waals surface area (Å²) in [4.78, 5) is 26.0. The number of carbonyl (C=O) groups excluding carboxylic acids is 2. The van der Waals surface area contributed by atoms with E-state index in [2.05, 4.69) is 0 Å². The van der Waals surface area contributed by atoms with Gasteiger partial charge in [0, 0.05) is 0 Å². The van der Waals surface area contributed by atoms with Gasteiger partial charge in [-0.15, -0.1) is 0 Å². The lowest BCUT2D eigenvalue weighted by atomic mass is 9.44. The van der Waals surface area contributed by atoms with Gasteiger partial charge in [-0.2, -0.15) is 0 Å². The monoisotopic (exact) mass is 336 g/mol. The predicted molar refractivity (Wildman–Crippen MR) is 91.2 cm³/mol. The van der Waals surface area contributed by atoms with Crippen molar-refractivity contribution in [2.24, 2.45) is 22.7 Å². The minimum absolute atomic E-state index is 0.1000. The molecule has 0 radical (unpaired) electrons. The summed E-state index contributed by atoms with van der Waals surface area (Å²) in [6, 6.07) is 0. The van der Waals surface area contributed by atoms with Crippen molar-refractivity contribution in [2.75, 3.05) is 0 Å². The lowest BCUT2D eigenvalue weighted by Gasteiger charge is -2.59. The Morgan fingerprint density at radius 3 is 1.38 bits per heavy atom. The van der Waals surface area contributed by atoms with Gasteiger partial charge in [-0.25, -0.2) is 0 Å². The van der Waals surface area contributed by atoms with E-state index in [0.717, 1.165) is 32.1 Å². The molecule has 4 fully saturated rings. The second-order valence-electron chi connectivity index (χ2n) is 10.5. The lowest BCUT2D eigenvalue weighted by molar-refractivity contribution is -0.204. The Morgan fingerprint density at radius 2 is 1.08 bits per heavy atom. The Bertz CT molecular complexity index is 489. The minimum atomic E-state index is -0.487. The van der Waals surface area contributed by atoms with Crippen LogP contribution in [0.1, 0.15) is 80.1 Å². The molecule has 4 saturated carbocycles. The van der Waals surface area contributed by atoms with Gasteiger partial charge < -0.3 is 9.47 Å². The minimum Gasteiger partial charge on any atom is -0.460 e. The number of carbonyl (C=O) groups is 2. The van der Waals surface area contributed by atoms with E-state index in [9.17, 15) is 9.59 Å². The standard InChI is InChI=1S/C20H32O4/c1-17(2,3)23-15(21)19-8-13-7-14(9-19)11-20(10-13,12-19)16(22)24-18(4,5)6/h13-14H,7-12H2,1-6H3. The van der Waals surface area contributed by atoms with E-state index < -0.39 is 22.0 Å². The fraction of sp³-hybridized carbons (Fsp3) is 0.900. The van der Waals surface area contributed by atoms with Crippen molar-refractivity contribution in [3.63, 3.8) is 0 Å². The number of ether oxygens (including phenoxy) is 2. The zero-order valence-corrected chi connectivity index (χ0v) is 16.0. The Balaban J connectivity index is 1.87. The smallest absolute Gasteiger partial charge is 0.312 e. The van der Waals surface area contributed by atoms with Gasteiger partial charge in [0.25, 0.3) is 0 Å². The van der Waals surface area contributed by atoms with Crippen molar-refractivity contribution in [1.29, 1.82) is 0 Å². The Morgan fingerprint density at radius 1 is 0.750 bits per heavy atom. The third-order valence-electron chi connectivity index (χ3n) is 5.72. The zero-order valence-electron chi connectivity index (χ0n) is 16.0. The van der Waals surface area contributed by atoms with Crippen LogP contribution in [0, 0.1) is 22.7 Å². The van der Waals surface area contributed by atoms with Gasteiger partial charge in [0.05, 0.1) is 10.8 Å². The molecule has 0 aromatic rings. The molecule has 4 aliphatic rings. The van der Waals surface area contributed by atoms with E-state index >= 15 is 0 Å². The molecule has 24 heavy (non-hydrogen) atoms. The van der Waals surface area contributed by atoms with Crippen molar-refractivity contribution in [3.8, 4) is 0 Å². The van der Waals surface area contributed by atoms with Crippen LogP contribution in [0.3, 0.4) is 0 Å². The van der Waals surface area contributed by atoms with Gasteiger partial charge in [0.2, 0.25) is 0 Å². The van der Waals surface area contributed by atoms with Crippen LogP contribution < -0.4 is 0 Å². The molecule has 0 atom stereocenters. The molecule has 0 heterocycles. The molecule has 0 aliphatic heterocycles. The van der Waals surface area contributed by atoms with Gasteiger partial charge >= 0.3 is 11.9 Å². The maximum Gasteiger partial charge on any atom is 0.312 e. The Kier molecular flexibility index (Phi) is 3.86. The highest BCUT2D eigenvalue weighted by Crippen LogP contribution is 2.66. The molecule has 0 saturated heterocycles. The average molecular weight is 336 g/mol. The fourth-order valence-corrected chi connectivity index (χ4v) is 5.51. The number of rotatable bonds is 2. The number of hydrogen-bond donors (Lipinski definition) is 0. The van der Waals surface area contributed by atoms with Crippen LogP contribution >= 0.6 is 0 Å². The molecule has 0 aromatic carbocycles. The average Bonchev–Trinajstić information content (AvgIpc) is 2.32. The van der Waals surface area contributed by atoms with E-state index in [4.69, 9.17) is 9.47 Å². The summed E-state index contributed by atoms with van der Waals surface area (Å²) in [5.74, 6) is 0.701. The summed E-state index contributed by atoms with van der Waals surface area (Å²) >= 11 is 0. The lowest BCUT2D eigenvalue weighted by Crippen LogP contribution is -2.59. The van der Waals surface area contributed by atoms with E-state index in [1.807, 2.05) is 41.5 Å². The van der Waals surface area contributed by atoms with E-state index in [0.29, 0.717) is 18.3 Å². The van der Waals surface area contributed by atoms with E-state index in [1.165, 1.54) is 0 Å². The van der Waals surface area contributed by atoms with Crippen molar-refractivity contribution < 1.29 is 19.1 Å². The molecular formula is C20H32O4. The Hall–Kier alpha value is -1.06. The third kappa shape index (κ3) is 3.21. The fourth-order valence-electron chi connectivity index (χ4n) is 5.51. The first-order valence-corrected chi connectivity index (χ1v) is 9.30. The number of hydrogen-bond acceptors (Lipinski definition) is 4. The molecule has 0 N–H and O–H groups in total. The molecule has 136 valence electrons. The highest BCUT2D eigenvalue weighted by Gasteiger charge is 2.64. The molecule has 4 nitrogen and oxygen atoms in total. The molecule has 0 unspecified atom stereocenters. The summed E-state index contributed by atoms with van der Waals surface area (Å²) < 4.78 is 11.5.